The number of hydrogen-bond donors (Lipinski definition) is 0. The largest absolute Gasteiger partial charge is 0.467 e. The molecular formula is C24H32N2O4. The van der Waals surface area contributed by atoms with Crippen molar-refractivity contribution < 1.29 is 18.7 Å². The standard InChI is InChI=1S/C24H32N2O4/c1-18(2)14-26(24(28)22-11-5-4-8-19(22)3)17-23(27)25(15-20-9-6-12-29-20)16-21-10-7-13-30-21/h4-6,8-9,11-12,18,21H,7,10,13-17H2,1-3H3. The molecule has 2 heterocycles. The van der Waals surface area contributed by atoms with Crippen LogP contribution in [0.1, 0.15) is 48.4 Å². The summed E-state index contributed by atoms with van der Waals surface area (Å²) in [6.45, 7) is 8.20. The van der Waals surface area contributed by atoms with Crippen molar-refractivity contribution in [3.63, 3.8) is 0 Å². The summed E-state index contributed by atoms with van der Waals surface area (Å²) in [5.41, 5.74) is 1.55. The van der Waals surface area contributed by atoms with Crippen molar-refractivity contribution in [1.29, 1.82) is 0 Å². The molecule has 1 aliphatic rings. The topological polar surface area (TPSA) is 63.0 Å². The lowest BCUT2D eigenvalue weighted by molar-refractivity contribution is -0.134. The molecule has 0 radical (unpaired) electrons. The molecule has 2 aromatic rings. The van der Waals surface area contributed by atoms with E-state index < -0.39 is 0 Å². The molecule has 0 aliphatic carbocycles. The molecule has 3 rings (SSSR count). The van der Waals surface area contributed by atoms with Crippen LogP contribution >= 0.6 is 0 Å². The SMILES string of the molecule is Cc1ccccc1C(=O)N(CC(=O)N(Cc1ccco1)CC1CCCO1)CC(C)C. The van der Waals surface area contributed by atoms with Crippen LogP contribution in [0.3, 0.4) is 0 Å². The second kappa shape index (κ2) is 10.4. The zero-order valence-corrected chi connectivity index (χ0v) is 18.2. The van der Waals surface area contributed by atoms with Crippen molar-refractivity contribution in [2.75, 3.05) is 26.2 Å². The lowest BCUT2D eigenvalue weighted by atomic mass is 10.1. The predicted molar refractivity (Wildman–Crippen MR) is 115 cm³/mol. The van der Waals surface area contributed by atoms with E-state index in [0.29, 0.717) is 25.2 Å². The van der Waals surface area contributed by atoms with Gasteiger partial charge in [0.15, 0.2) is 0 Å². The number of carbonyl (C=O) groups excluding carboxylic acids is 2. The van der Waals surface area contributed by atoms with Gasteiger partial charge in [-0.25, -0.2) is 0 Å². The van der Waals surface area contributed by atoms with E-state index in [1.54, 1.807) is 16.1 Å². The van der Waals surface area contributed by atoms with E-state index >= 15 is 0 Å². The smallest absolute Gasteiger partial charge is 0.254 e. The van der Waals surface area contributed by atoms with Crippen LogP contribution in [0.4, 0.5) is 0 Å². The first-order valence-electron chi connectivity index (χ1n) is 10.7. The maximum Gasteiger partial charge on any atom is 0.254 e. The Morgan fingerprint density at radius 1 is 1.13 bits per heavy atom. The number of aryl methyl sites for hydroxylation is 1. The van der Waals surface area contributed by atoms with Gasteiger partial charge in [0.2, 0.25) is 5.91 Å². The number of benzene rings is 1. The van der Waals surface area contributed by atoms with Crippen molar-refractivity contribution in [1.82, 2.24) is 9.80 Å². The molecule has 2 amide bonds. The molecule has 1 aromatic heterocycles. The van der Waals surface area contributed by atoms with E-state index in [1.807, 2.05) is 43.3 Å². The van der Waals surface area contributed by atoms with E-state index in [2.05, 4.69) is 13.8 Å². The van der Waals surface area contributed by atoms with Gasteiger partial charge in [0.25, 0.3) is 5.91 Å². The number of ether oxygens (including phenoxy) is 1. The summed E-state index contributed by atoms with van der Waals surface area (Å²) in [6, 6.07) is 11.2. The van der Waals surface area contributed by atoms with Crippen molar-refractivity contribution in [2.45, 2.75) is 46.3 Å². The molecule has 1 atom stereocenters. The fourth-order valence-electron chi connectivity index (χ4n) is 3.79. The van der Waals surface area contributed by atoms with Gasteiger partial charge >= 0.3 is 0 Å². The third-order valence-corrected chi connectivity index (χ3v) is 5.30. The van der Waals surface area contributed by atoms with Crippen molar-refractivity contribution in [3.8, 4) is 0 Å². The van der Waals surface area contributed by atoms with Crippen molar-refractivity contribution in [3.05, 3.63) is 59.5 Å². The number of furan rings is 1. The molecule has 6 nitrogen and oxygen atoms in total. The highest BCUT2D eigenvalue weighted by molar-refractivity contribution is 5.97. The number of nitrogens with zero attached hydrogens (tertiary/aromatic N) is 2. The molecular weight excluding hydrogens is 380 g/mol. The normalized spacial score (nSPS) is 16.1. The first kappa shape index (κ1) is 22.1. The summed E-state index contributed by atoms with van der Waals surface area (Å²) < 4.78 is 11.2. The van der Waals surface area contributed by atoms with E-state index in [4.69, 9.17) is 9.15 Å². The average Bonchev–Trinajstić information content (AvgIpc) is 3.40. The molecule has 30 heavy (non-hydrogen) atoms. The minimum atomic E-state index is -0.106. The van der Waals surface area contributed by atoms with Gasteiger partial charge in [-0.2, -0.15) is 0 Å². The Balaban J connectivity index is 1.76. The van der Waals surface area contributed by atoms with E-state index in [-0.39, 0.29) is 30.4 Å². The summed E-state index contributed by atoms with van der Waals surface area (Å²) in [5.74, 6) is 0.777. The van der Waals surface area contributed by atoms with Gasteiger partial charge in [0, 0.05) is 25.3 Å². The molecule has 0 N–H and O–H groups in total. The van der Waals surface area contributed by atoms with Gasteiger partial charge in [0.1, 0.15) is 12.3 Å². The Labute approximate surface area is 178 Å². The van der Waals surface area contributed by atoms with Crippen LogP contribution in [0.5, 0.6) is 0 Å². The summed E-state index contributed by atoms with van der Waals surface area (Å²) in [6.07, 6.45) is 3.60. The van der Waals surface area contributed by atoms with Crippen LogP contribution < -0.4 is 0 Å². The van der Waals surface area contributed by atoms with Crippen LogP contribution in [0, 0.1) is 12.8 Å². The molecule has 162 valence electrons. The van der Waals surface area contributed by atoms with Gasteiger partial charge < -0.3 is 19.0 Å². The fraction of sp³-hybridized carbons (Fsp3) is 0.500. The van der Waals surface area contributed by atoms with Crippen LogP contribution in [0.25, 0.3) is 0 Å². The maximum atomic E-state index is 13.3. The minimum Gasteiger partial charge on any atom is -0.467 e. The monoisotopic (exact) mass is 412 g/mol. The molecule has 0 saturated carbocycles. The Hall–Kier alpha value is -2.60. The zero-order valence-electron chi connectivity index (χ0n) is 18.2. The zero-order chi connectivity index (χ0) is 21.5. The molecule has 6 heteroatoms. The summed E-state index contributed by atoms with van der Waals surface area (Å²) in [5, 5.41) is 0. The second-order valence-electron chi connectivity index (χ2n) is 8.38. The highest BCUT2D eigenvalue weighted by atomic mass is 16.5. The van der Waals surface area contributed by atoms with E-state index in [9.17, 15) is 9.59 Å². The average molecular weight is 413 g/mol. The highest BCUT2D eigenvalue weighted by Crippen LogP contribution is 2.17. The summed E-state index contributed by atoms with van der Waals surface area (Å²) in [4.78, 5) is 30.0. The van der Waals surface area contributed by atoms with Gasteiger partial charge in [-0.05, 0) is 49.4 Å². The first-order chi connectivity index (χ1) is 14.4. The van der Waals surface area contributed by atoms with Crippen LogP contribution in [0.2, 0.25) is 0 Å². The lowest BCUT2D eigenvalue weighted by Gasteiger charge is -2.30. The van der Waals surface area contributed by atoms with Crippen molar-refractivity contribution >= 4 is 11.8 Å². The number of carbonyl (C=O) groups is 2. The molecule has 1 aliphatic heterocycles. The molecule has 0 spiro atoms. The maximum absolute atomic E-state index is 13.3. The van der Waals surface area contributed by atoms with Gasteiger partial charge in [-0.15, -0.1) is 0 Å². The van der Waals surface area contributed by atoms with Crippen LogP contribution in [0.15, 0.2) is 47.1 Å². The summed E-state index contributed by atoms with van der Waals surface area (Å²) >= 11 is 0. The molecule has 1 unspecified atom stereocenters. The third kappa shape index (κ3) is 5.95. The minimum absolute atomic E-state index is 0.0366. The Morgan fingerprint density at radius 3 is 2.57 bits per heavy atom. The molecule has 0 bridgehead atoms. The summed E-state index contributed by atoms with van der Waals surface area (Å²) in [7, 11) is 0. The Kier molecular flexibility index (Phi) is 7.69. The third-order valence-electron chi connectivity index (χ3n) is 5.30. The molecule has 1 fully saturated rings. The molecule has 1 saturated heterocycles. The quantitative estimate of drug-likeness (QED) is 0.627. The van der Waals surface area contributed by atoms with Gasteiger partial charge in [-0.3, -0.25) is 9.59 Å². The number of rotatable bonds is 9. The number of hydrogen-bond acceptors (Lipinski definition) is 4. The van der Waals surface area contributed by atoms with Crippen molar-refractivity contribution in [2.24, 2.45) is 5.92 Å². The Bertz CT molecular complexity index is 825. The fourth-order valence-corrected chi connectivity index (χ4v) is 3.79. The van der Waals surface area contributed by atoms with Crippen LogP contribution in [-0.2, 0) is 16.1 Å². The highest BCUT2D eigenvalue weighted by Gasteiger charge is 2.27. The molecule has 1 aromatic carbocycles. The first-order valence-corrected chi connectivity index (χ1v) is 10.7. The predicted octanol–water partition coefficient (Wildman–Crippen LogP) is 3.89. The Morgan fingerprint density at radius 2 is 1.93 bits per heavy atom. The van der Waals surface area contributed by atoms with E-state index in [0.717, 1.165) is 30.8 Å². The van der Waals surface area contributed by atoms with E-state index in [1.165, 1.54) is 0 Å². The lowest BCUT2D eigenvalue weighted by Crippen LogP contribution is -2.46. The second-order valence-corrected chi connectivity index (χ2v) is 8.38. The van der Waals surface area contributed by atoms with Gasteiger partial charge in [-0.1, -0.05) is 32.0 Å². The van der Waals surface area contributed by atoms with Crippen LogP contribution in [-0.4, -0.2) is 54.0 Å². The number of amides is 2. The van der Waals surface area contributed by atoms with Gasteiger partial charge in [0.05, 0.1) is 18.9 Å².